The Morgan fingerprint density at radius 1 is 0.667 bits per heavy atom. The Morgan fingerprint density at radius 2 is 1.20 bits per heavy atom. The third kappa shape index (κ3) is 8.02. The number of rotatable bonds is 6. The van der Waals surface area contributed by atoms with Gasteiger partial charge < -0.3 is 20.8 Å². The Bertz CT molecular complexity index is 2420. The summed E-state index contributed by atoms with van der Waals surface area (Å²) in [6.07, 6.45) is 1.25. The maximum absolute atomic E-state index is 13.0. The molecule has 51 heavy (non-hydrogen) atoms. The minimum Gasteiger partial charge on any atom is -0.478 e. The lowest BCUT2D eigenvalue weighted by Crippen LogP contribution is -2.22. The summed E-state index contributed by atoms with van der Waals surface area (Å²) in [5, 5.41) is 23.7. The van der Waals surface area contributed by atoms with Gasteiger partial charge in [0, 0.05) is 31.8 Å². The first-order chi connectivity index (χ1) is 24.1. The van der Waals surface area contributed by atoms with Crippen LogP contribution in [0.4, 0.5) is 11.4 Å². The van der Waals surface area contributed by atoms with Gasteiger partial charge in [-0.15, -0.1) is 0 Å². The van der Waals surface area contributed by atoms with E-state index in [1.54, 1.807) is 18.2 Å². The van der Waals surface area contributed by atoms with Crippen LogP contribution in [-0.4, -0.2) is 53.2 Å². The lowest BCUT2D eigenvalue weighted by molar-refractivity contribution is 0.0686. The number of sulfone groups is 1. The molecule has 1 aliphatic rings. The van der Waals surface area contributed by atoms with E-state index in [0.29, 0.717) is 8.95 Å². The van der Waals surface area contributed by atoms with E-state index in [2.05, 4.69) is 47.5 Å². The maximum atomic E-state index is 13.0. The van der Waals surface area contributed by atoms with Crippen LogP contribution in [0.15, 0.2) is 110 Å². The van der Waals surface area contributed by atoms with Crippen LogP contribution in [0, 0.1) is 0 Å². The molecule has 2 heterocycles. The Balaban J connectivity index is 0.000000211. The fraction of sp³-hybridized carbons (Fsp3) is 0. The van der Waals surface area contributed by atoms with Gasteiger partial charge in [0.2, 0.25) is 9.84 Å². The van der Waals surface area contributed by atoms with Crippen LogP contribution in [0.3, 0.4) is 0 Å². The number of ketones is 1. The minimum absolute atomic E-state index is 0.0138. The molecule has 12 nitrogen and oxygen atoms in total. The largest absolute Gasteiger partial charge is 0.478 e. The van der Waals surface area contributed by atoms with Crippen molar-refractivity contribution in [1.82, 2.24) is 4.98 Å². The van der Waals surface area contributed by atoms with Gasteiger partial charge in [0.1, 0.15) is 5.15 Å². The van der Waals surface area contributed by atoms with E-state index in [-0.39, 0.29) is 64.7 Å². The second kappa shape index (κ2) is 15.1. The topological polar surface area (TPSA) is 197 Å². The van der Waals surface area contributed by atoms with E-state index in [1.807, 2.05) is 0 Å². The minimum atomic E-state index is -3.99. The number of carbonyl (C=O) groups is 5. The van der Waals surface area contributed by atoms with Gasteiger partial charge in [-0.2, -0.15) is 0 Å². The molecule has 4 aromatic carbocycles. The normalized spacial score (nSPS) is 12.4. The van der Waals surface area contributed by atoms with Crippen molar-refractivity contribution < 1.29 is 42.6 Å². The summed E-state index contributed by atoms with van der Waals surface area (Å²) in [6, 6.07) is 19.8. The number of nitrogens with one attached hydrogen (secondary N) is 2. The van der Waals surface area contributed by atoms with Crippen LogP contribution in [0.2, 0.25) is 10.2 Å². The molecule has 1 aliphatic heterocycles. The van der Waals surface area contributed by atoms with Crippen molar-refractivity contribution in [2.45, 2.75) is 9.79 Å². The number of aromatic nitrogens is 1. The van der Waals surface area contributed by atoms with E-state index in [9.17, 15) is 37.5 Å². The van der Waals surface area contributed by atoms with Crippen molar-refractivity contribution in [2.75, 3.05) is 10.6 Å². The monoisotopic (exact) mass is 873 g/mol. The van der Waals surface area contributed by atoms with Crippen molar-refractivity contribution in [1.29, 1.82) is 0 Å². The van der Waals surface area contributed by atoms with Crippen molar-refractivity contribution in [3.63, 3.8) is 0 Å². The van der Waals surface area contributed by atoms with Gasteiger partial charge >= 0.3 is 11.9 Å². The molecule has 0 unspecified atom stereocenters. The molecule has 0 aliphatic carbocycles. The van der Waals surface area contributed by atoms with Crippen LogP contribution in [0.1, 0.15) is 57.4 Å². The average Bonchev–Trinajstić information content (AvgIpc) is 3.10. The van der Waals surface area contributed by atoms with Gasteiger partial charge in [-0.05, 0) is 72.8 Å². The van der Waals surface area contributed by atoms with Gasteiger partial charge in [0.05, 0.1) is 42.9 Å². The van der Waals surface area contributed by atoms with Crippen LogP contribution in [-0.2, 0) is 9.84 Å². The molecule has 0 bridgehead atoms. The molecule has 258 valence electrons. The molecule has 1 aromatic heterocycles. The molecule has 0 saturated carbocycles. The average molecular weight is 876 g/mol. The van der Waals surface area contributed by atoms with Crippen molar-refractivity contribution in [3.8, 4) is 0 Å². The van der Waals surface area contributed by atoms with Crippen LogP contribution >= 0.6 is 55.1 Å². The third-order valence-corrected chi connectivity index (χ3v) is 10.7. The number of carbonyl (C=O) groups excluding carboxylic acids is 3. The number of hydrogen-bond donors (Lipinski definition) is 4. The number of hydrogen-bond acceptors (Lipinski definition) is 8. The summed E-state index contributed by atoms with van der Waals surface area (Å²) in [5.74, 6) is -4.07. The number of halogens is 4. The van der Waals surface area contributed by atoms with Gasteiger partial charge in [0.25, 0.3) is 11.8 Å². The van der Waals surface area contributed by atoms with Crippen molar-refractivity contribution >= 4 is 106 Å². The molecule has 0 spiro atoms. The van der Waals surface area contributed by atoms with Crippen LogP contribution in [0.5, 0.6) is 0 Å². The molecule has 0 radical (unpaired) electrons. The van der Waals surface area contributed by atoms with Crippen LogP contribution < -0.4 is 10.6 Å². The zero-order valence-corrected chi connectivity index (χ0v) is 30.8. The Labute approximate surface area is 315 Å². The molecule has 4 N–H and O–H groups in total. The molecule has 17 heteroatoms. The molecule has 2 amide bonds. The summed E-state index contributed by atoms with van der Waals surface area (Å²) in [7, 11) is -3.99. The van der Waals surface area contributed by atoms with Crippen molar-refractivity contribution in [3.05, 3.63) is 144 Å². The van der Waals surface area contributed by atoms with Gasteiger partial charge in [-0.25, -0.2) is 23.0 Å². The van der Waals surface area contributed by atoms with E-state index in [0.717, 1.165) is 6.07 Å². The zero-order chi connectivity index (χ0) is 37.2. The van der Waals surface area contributed by atoms with Crippen LogP contribution in [0.25, 0.3) is 0 Å². The van der Waals surface area contributed by atoms with Crippen molar-refractivity contribution in [2.24, 2.45) is 0 Å². The summed E-state index contributed by atoms with van der Waals surface area (Å²) in [6.45, 7) is 0. The first kappa shape index (κ1) is 37.3. The third-order valence-electron chi connectivity index (χ3n) is 7.18. The van der Waals surface area contributed by atoms with E-state index >= 15 is 0 Å². The predicted molar refractivity (Wildman–Crippen MR) is 194 cm³/mol. The fourth-order valence-electron chi connectivity index (χ4n) is 4.76. The number of carboxylic acid groups (broad SMARTS) is 2. The molecular formula is C34H19Br2Cl2N3O9S. The SMILES string of the molecule is O=C(Nc1ccc(Br)cc1C(=O)O)c1ccc2c(c1)S(=O)(=O)c1ccccc1C2=O.O=C(Nc1ccc(Br)cc1C(=O)O)c1cnc(Cl)c(Cl)c1. The molecular weight excluding hydrogens is 857 g/mol. The van der Waals surface area contributed by atoms with Gasteiger partial charge in [-0.1, -0.05) is 67.2 Å². The fourth-order valence-corrected chi connectivity index (χ4v) is 7.43. The number of benzene rings is 4. The predicted octanol–water partition coefficient (Wildman–Crippen LogP) is 7.88. The second-order valence-corrected chi connectivity index (χ2v) is 14.9. The summed E-state index contributed by atoms with van der Waals surface area (Å²) in [5.41, 5.74) is 0.272. The Morgan fingerprint density at radius 3 is 1.75 bits per heavy atom. The van der Waals surface area contributed by atoms with Gasteiger partial charge in [0.15, 0.2) is 5.78 Å². The maximum Gasteiger partial charge on any atom is 0.337 e. The molecule has 0 saturated heterocycles. The first-order valence-corrected chi connectivity index (χ1v) is 17.9. The highest BCUT2D eigenvalue weighted by Crippen LogP contribution is 2.35. The van der Waals surface area contributed by atoms with E-state index in [4.69, 9.17) is 28.3 Å². The molecule has 6 rings (SSSR count). The highest BCUT2D eigenvalue weighted by molar-refractivity contribution is 9.10. The highest BCUT2D eigenvalue weighted by atomic mass is 79.9. The smallest absolute Gasteiger partial charge is 0.337 e. The Hall–Kier alpha value is -4.93. The number of amides is 2. The number of aromatic carboxylic acids is 2. The number of carboxylic acids is 2. The van der Waals surface area contributed by atoms with E-state index in [1.165, 1.54) is 66.9 Å². The zero-order valence-electron chi connectivity index (χ0n) is 25.3. The number of anilines is 2. The quantitative estimate of drug-likeness (QED) is 0.120. The molecule has 0 atom stereocenters. The van der Waals surface area contributed by atoms with E-state index < -0.39 is 39.4 Å². The molecule has 5 aromatic rings. The summed E-state index contributed by atoms with van der Waals surface area (Å²) in [4.78, 5) is 63.5. The summed E-state index contributed by atoms with van der Waals surface area (Å²) >= 11 is 17.8. The molecule has 0 fully saturated rings. The standard InChI is InChI=1S/C21H12BrNO6S.C13H7BrCl2N2O3/c22-12-6-8-16(15(10-12)21(26)27)23-20(25)11-5-7-14-18(9-11)30(28,29)17-4-2-1-3-13(17)19(14)24;14-7-1-2-10(8(4-7)13(20)21)18-12(19)6-3-9(15)11(16)17-5-6/h1-10H,(H,23,25)(H,26,27);1-5H,(H,18,19)(H,20,21). The highest BCUT2D eigenvalue weighted by Gasteiger charge is 2.35. The lowest BCUT2D eigenvalue weighted by Gasteiger charge is -2.19. The number of pyridine rings is 1. The van der Waals surface area contributed by atoms with Gasteiger partial charge in [-0.3, -0.25) is 14.4 Å². The Kier molecular flexibility index (Phi) is 11.1. The summed E-state index contributed by atoms with van der Waals surface area (Å²) < 4.78 is 27.1. The number of fused-ring (bicyclic) bond motifs is 2. The lowest BCUT2D eigenvalue weighted by atomic mass is 10.0. The first-order valence-electron chi connectivity index (χ1n) is 14.1. The number of nitrogens with zero attached hydrogens (tertiary/aromatic N) is 1. The second-order valence-electron chi connectivity index (χ2n) is 10.4.